The Morgan fingerprint density at radius 2 is 1.64 bits per heavy atom. The van der Waals surface area contributed by atoms with Crippen molar-refractivity contribution in [3.05, 3.63) is 42.0 Å². The average molecular weight is 450 g/mol. The molecule has 158 valence electrons. The Bertz CT molecular complexity index is 602. The van der Waals surface area contributed by atoms with Crippen LogP contribution >= 0.6 is 0 Å². The zero-order valence-electron chi connectivity index (χ0n) is 18.9. The van der Waals surface area contributed by atoms with E-state index < -0.39 is 5.60 Å². The van der Waals surface area contributed by atoms with Gasteiger partial charge in [-0.1, -0.05) is 25.5 Å². The van der Waals surface area contributed by atoms with E-state index in [1.165, 1.54) is 36.6 Å². The first-order chi connectivity index (χ1) is 13.2. The van der Waals surface area contributed by atoms with Crippen LogP contribution < -0.4 is 4.46 Å². The monoisotopic (exact) mass is 450 g/mol. The van der Waals surface area contributed by atoms with Crippen molar-refractivity contribution in [2.24, 2.45) is 23.7 Å². The molecule has 0 bridgehead atoms. The van der Waals surface area contributed by atoms with Crippen LogP contribution in [-0.2, 0) is 0 Å². The van der Waals surface area contributed by atoms with E-state index in [4.69, 9.17) is 0 Å². The van der Waals surface area contributed by atoms with Crippen molar-refractivity contribution in [1.29, 1.82) is 0 Å². The summed E-state index contributed by atoms with van der Waals surface area (Å²) in [5.41, 5.74) is 1.14. The Balaban J connectivity index is 0.000000237. The van der Waals surface area contributed by atoms with E-state index in [1.54, 1.807) is 5.57 Å². The second kappa shape index (κ2) is 11.0. The standard InChI is InChI=1S/C16H24OSe.C10H18/c1-12(2)13-9-10-16(3,17)15(11-13)18-14-7-5-4-6-8-14;1-8(2)10-6-4-9(3)5-7-10/h4-8,12-13,15,17H,9-11H2,1-3H3;4,8,10H,5-7H2,1-3H3/t13-,15?,16?;10-/m10/s1. The van der Waals surface area contributed by atoms with Crippen LogP contribution in [-0.4, -0.2) is 25.7 Å². The molecule has 1 fully saturated rings. The molecule has 0 aromatic heterocycles. The van der Waals surface area contributed by atoms with Crippen LogP contribution in [0.4, 0.5) is 0 Å². The average Bonchev–Trinajstić information content (AvgIpc) is 2.65. The summed E-state index contributed by atoms with van der Waals surface area (Å²) in [5.74, 6) is 3.38. The Kier molecular flexibility index (Phi) is 9.32. The summed E-state index contributed by atoms with van der Waals surface area (Å²) >= 11 is 0.387. The Morgan fingerprint density at radius 1 is 1.00 bits per heavy atom. The molecule has 1 aromatic carbocycles. The van der Waals surface area contributed by atoms with Crippen LogP contribution in [0.2, 0.25) is 4.82 Å². The van der Waals surface area contributed by atoms with Crippen LogP contribution in [0.25, 0.3) is 0 Å². The number of allylic oxidation sites excluding steroid dienone is 2. The van der Waals surface area contributed by atoms with Gasteiger partial charge in [0.25, 0.3) is 0 Å². The molecule has 2 unspecified atom stereocenters. The first kappa shape index (κ1) is 23.7. The second-order valence-corrected chi connectivity index (χ2v) is 12.6. The van der Waals surface area contributed by atoms with Gasteiger partial charge in [-0.25, -0.2) is 0 Å². The summed E-state index contributed by atoms with van der Waals surface area (Å²) in [6.45, 7) is 13.6. The topological polar surface area (TPSA) is 20.2 Å². The van der Waals surface area contributed by atoms with Gasteiger partial charge in [-0.2, -0.15) is 0 Å². The maximum Gasteiger partial charge on any atom is -0.0317 e. The molecule has 0 heterocycles. The third-order valence-electron chi connectivity index (χ3n) is 6.82. The molecule has 0 saturated heterocycles. The van der Waals surface area contributed by atoms with E-state index in [0.29, 0.717) is 19.8 Å². The Labute approximate surface area is 180 Å². The third kappa shape index (κ3) is 7.36. The molecular formula is C26H42OSe. The fourth-order valence-electron chi connectivity index (χ4n) is 4.32. The van der Waals surface area contributed by atoms with Gasteiger partial charge in [-0.15, -0.1) is 0 Å². The largest absolute Gasteiger partial charge is 0.0853 e. The summed E-state index contributed by atoms with van der Waals surface area (Å²) in [6.07, 6.45) is 9.83. The molecule has 0 amide bonds. The van der Waals surface area contributed by atoms with Gasteiger partial charge < -0.3 is 0 Å². The Morgan fingerprint density at radius 3 is 2.18 bits per heavy atom. The van der Waals surface area contributed by atoms with Crippen LogP contribution in [0, 0.1) is 23.7 Å². The van der Waals surface area contributed by atoms with Gasteiger partial charge in [0.05, 0.1) is 0 Å². The summed E-state index contributed by atoms with van der Waals surface area (Å²) in [7, 11) is 0. The molecule has 2 aliphatic rings. The van der Waals surface area contributed by atoms with Gasteiger partial charge in [0.15, 0.2) is 0 Å². The quantitative estimate of drug-likeness (QED) is 0.417. The van der Waals surface area contributed by atoms with E-state index in [2.05, 4.69) is 71.0 Å². The van der Waals surface area contributed by atoms with Crippen LogP contribution in [0.5, 0.6) is 0 Å². The zero-order valence-corrected chi connectivity index (χ0v) is 20.7. The molecular weight excluding hydrogens is 407 g/mol. The SMILES string of the molecule is CC(C)[C@@H]1CCC(C)(O)C([Se]c2ccccc2)C1.CC1=CC[C@H](C(C)C)CC1. The van der Waals surface area contributed by atoms with Gasteiger partial charge in [0, 0.05) is 0 Å². The molecule has 4 atom stereocenters. The van der Waals surface area contributed by atoms with E-state index >= 15 is 0 Å². The van der Waals surface area contributed by atoms with E-state index in [9.17, 15) is 5.11 Å². The number of benzene rings is 1. The summed E-state index contributed by atoms with van der Waals surface area (Å²) < 4.78 is 1.42. The van der Waals surface area contributed by atoms with E-state index in [1.807, 2.05) is 6.92 Å². The molecule has 1 aromatic rings. The van der Waals surface area contributed by atoms with Crippen LogP contribution in [0.1, 0.15) is 80.1 Å². The fourth-order valence-corrected chi connectivity index (χ4v) is 7.17. The van der Waals surface area contributed by atoms with Gasteiger partial charge >= 0.3 is 117 Å². The van der Waals surface area contributed by atoms with Crippen molar-refractivity contribution >= 4 is 19.4 Å². The minimum absolute atomic E-state index is 0.387. The molecule has 3 rings (SSSR count). The normalized spacial score (nSPS) is 30.6. The zero-order chi connectivity index (χ0) is 20.7. The van der Waals surface area contributed by atoms with E-state index in [0.717, 1.165) is 30.1 Å². The van der Waals surface area contributed by atoms with Crippen molar-refractivity contribution in [3.8, 4) is 0 Å². The molecule has 28 heavy (non-hydrogen) atoms. The fraction of sp³-hybridized carbons (Fsp3) is 0.692. The van der Waals surface area contributed by atoms with Crippen molar-refractivity contribution in [2.45, 2.75) is 90.5 Å². The Hall–Kier alpha value is -0.561. The molecule has 0 aliphatic heterocycles. The van der Waals surface area contributed by atoms with Crippen LogP contribution in [0.3, 0.4) is 0 Å². The predicted octanol–water partition coefficient (Wildman–Crippen LogP) is 6.40. The minimum Gasteiger partial charge on any atom is -0.0853 e. The van der Waals surface area contributed by atoms with Gasteiger partial charge in [-0.05, 0) is 38.0 Å². The number of rotatable bonds is 4. The maximum atomic E-state index is 10.6. The van der Waals surface area contributed by atoms with Crippen molar-refractivity contribution in [2.75, 3.05) is 0 Å². The molecule has 1 saturated carbocycles. The first-order valence-electron chi connectivity index (χ1n) is 11.3. The molecule has 1 nitrogen and oxygen atoms in total. The predicted molar refractivity (Wildman–Crippen MR) is 124 cm³/mol. The first-order valence-corrected chi connectivity index (χ1v) is 13.1. The molecule has 2 heteroatoms. The molecule has 0 spiro atoms. The third-order valence-corrected chi connectivity index (χ3v) is 10.0. The molecule has 2 aliphatic carbocycles. The van der Waals surface area contributed by atoms with E-state index in [-0.39, 0.29) is 0 Å². The number of hydrogen-bond donors (Lipinski definition) is 1. The van der Waals surface area contributed by atoms with Crippen molar-refractivity contribution in [3.63, 3.8) is 0 Å². The second-order valence-electron chi connectivity index (χ2n) is 9.88. The number of hydrogen-bond acceptors (Lipinski definition) is 1. The van der Waals surface area contributed by atoms with Crippen LogP contribution in [0.15, 0.2) is 42.0 Å². The smallest absolute Gasteiger partial charge is 0.0317 e. The minimum atomic E-state index is -0.457. The van der Waals surface area contributed by atoms with Crippen molar-refractivity contribution in [1.82, 2.24) is 0 Å². The summed E-state index contributed by atoms with van der Waals surface area (Å²) in [6, 6.07) is 10.7. The molecule has 0 radical (unpaired) electrons. The van der Waals surface area contributed by atoms with Gasteiger partial charge in [0.1, 0.15) is 0 Å². The van der Waals surface area contributed by atoms with Gasteiger partial charge in [-0.3, -0.25) is 0 Å². The molecule has 1 N–H and O–H groups in total. The number of aliphatic hydroxyl groups is 1. The van der Waals surface area contributed by atoms with Crippen molar-refractivity contribution < 1.29 is 5.11 Å². The van der Waals surface area contributed by atoms with Gasteiger partial charge in [0.2, 0.25) is 0 Å². The maximum absolute atomic E-state index is 10.6. The summed E-state index contributed by atoms with van der Waals surface area (Å²) in [4.78, 5) is 0.466. The summed E-state index contributed by atoms with van der Waals surface area (Å²) in [5, 5.41) is 10.6.